The van der Waals surface area contributed by atoms with Crippen LogP contribution in [0.15, 0.2) is 83.9 Å². The number of halogens is 2. The van der Waals surface area contributed by atoms with Crippen molar-refractivity contribution in [1.82, 2.24) is 0 Å². The van der Waals surface area contributed by atoms with Gasteiger partial charge in [0.05, 0.1) is 28.9 Å². The molecular formula is C28H24Cl2N2O2. The maximum atomic E-state index is 6.52. The molecule has 1 fully saturated rings. The van der Waals surface area contributed by atoms with Crippen molar-refractivity contribution in [2.24, 2.45) is 4.99 Å². The highest BCUT2D eigenvalue weighted by Crippen LogP contribution is 2.35. The van der Waals surface area contributed by atoms with Crippen LogP contribution in [-0.2, 0) is 11.3 Å². The van der Waals surface area contributed by atoms with Crippen LogP contribution >= 0.6 is 23.2 Å². The monoisotopic (exact) mass is 490 g/mol. The van der Waals surface area contributed by atoms with Gasteiger partial charge in [-0.2, -0.15) is 0 Å². The number of fused-ring (bicyclic) bond motifs is 1. The van der Waals surface area contributed by atoms with Crippen LogP contribution in [0.2, 0.25) is 10.0 Å². The third kappa shape index (κ3) is 5.20. The molecule has 1 aliphatic rings. The van der Waals surface area contributed by atoms with Gasteiger partial charge < -0.3 is 14.4 Å². The second-order valence-electron chi connectivity index (χ2n) is 8.11. The molecule has 0 atom stereocenters. The van der Waals surface area contributed by atoms with Crippen LogP contribution in [0.1, 0.15) is 11.1 Å². The number of hydrogen-bond donors (Lipinski definition) is 0. The SMILES string of the molecule is Clc1cc(C=Nc2ccc(N3CCOCC3)cc2)cc(Cl)c1OCc1cccc2ccccc12. The largest absolute Gasteiger partial charge is 0.486 e. The molecule has 0 bridgehead atoms. The standard InChI is InChI=1S/C28H24Cl2N2O2/c29-26-16-20(18-31-23-8-10-24(11-9-23)32-12-14-33-15-13-32)17-27(30)28(26)34-19-22-6-3-5-21-4-1-2-7-25(21)22/h1-11,16-18H,12-15,19H2. The topological polar surface area (TPSA) is 34.1 Å². The summed E-state index contributed by atoms with van der Waals surface area (Å²) in [7, 11) is 0. The summed E-state index contributed by atoms with van der Waals surface area (Å²) in [5.41, 5.74) is 3.93. The molecule has 0 N–H and O–H groups in total. The molecule has 0 spiro atoms. The van der Waals surface area contributed by atoms with Crippen LogP contribution in [0.3, 0.4) is 0 Å². The van der Waals surface area contributed by atoms with E-state index in [1.54, 1.807) is 6.21 Å². The molecule has 1 saturated heterocycles. The lowest BCUT2D eigenvalue weighted by Gasteiger charge is -2.28. The molecule has 5 rings (SSSR count). The van der Waals surface area contributed by atoms with Gasteiger partial charge in [-0.3, -0.25) is 4.99 Å². The molecule has 4 aromatic carbocycles. The van der Waals surface area contributed by atoms with Crippen molar-refractivity contribution in [3.63, 3.8) is 0 Å². The van der Waals surface area contributed by atoms with Gasteiger partial charge in [0.1, 0.15) is 6.61 Å². The lowest BCUT2D eigenvalue weighted by Crippen LogP contribution is -2.36. The van der Waals surface area contributed by atoms with Crippen molar-refractivity contribution >= 4 is 51.6 Å². The van der Waals surface area contributed by atoms with Gasteiger partial charge in [0.25, 0.3) is 0 Å². The fourth-order valence-electron chi connectivity index (χ4n) is 4.08. The first-order chi connectivity index (χ1) is 16.7. The number of benzene rings is 4. The molecule has 4 nitrogen and oxygen atoms in total. The normalized spacial score (nSPS) is 14.1. The minimum atomic E-state index is 0.379. The fraction of sp³-hybridized carbons (Fsp3) is 0.179. The first kappa shape index (κ1) is 22.7. The number of ether oxygens (including phenoxy) is 2. The second-order valence-corrected chi connectivity index (χ2v) is 8.93. The third-order valence-electron chi connectivity index (χ3n) is 5.86. The minimum Gasteiger partial charge on any atom is -0.486 e. The highest BCUT2D eigenvalue weighted by molar-refractivity contribution is 6.37. The Morgan fingerprint density at radius 2 is 1.59 bits per heavy atom. The molecule has 6 heteroatoms. The number of rotatable bonds is 6. The van der Waals surface area contributed by atoms with E-state index in [4.69, 9.17) is 32.7 Å². The van der Waals surface area contributed by atoms with Gasteiger partial charge in [0.2, 0.25) is 0 Å². The molecule has 1 heterocycles. The zero-order chi connectivity index (χ0) is 23.3. The van der Waals surface area contributed by atoms with Gasteiger partial charge in [-0.25, -0.2) is 0 Å². The predicted molar refractivity (Wildman–Crippen MR) is 141 cm³/mol. The van der Waals surface area contributed by atoms with Gasteiger partial charge in [0, 0.05) is 25.0 Å². The van der Waals surface area contributed by atoms with Gasteiger partial charge in [-0.05, 0) is 58.3 Å². The maximum absolute atomic E-state index is 6.52. The molecule has 0 unspecified atom stereocenters. The van der Waals surface area contributed by atoms with Crippen LogP contribution in [-0.4, -0.2) is 32.5 Å². The Labute approximate surface area is 209 Å². The molecule has 0 aliphatic carbocycles. The first-order valence-corrected chi connectivity index (χ1v) is 12.0. The van der Waals surface area contributed by atoms with E-state index in [9.17, 15) is 0 Å². The Morgan fingerprint density at radius 3 is 2.35 bits per heavy atom. The zero-order valence-electron chi connectivity index (χ0n) is 18.6. The molecule has 0 saturated carbocycles. The predicted octanol–water partition coefficient (Wildman–Crippen LogP) is 7.31. The van der Waals surface area contributed by atoms with E-state index in [-0.39, 0.29) is 0 Å². The van der Waals surface area contributed by atoms with Crippen LogP contribution in [0.25, 0.3) is 10.8 Å². The summed E-state index contributed by atoms with van der Waals surface area (Å²) in [6.07, 6.45) is 1.76. The van der Waals surface area contributed by atoms with E-state index in [1.165, 1.54) is 11.1 Å². The maximum Gasteiger partial charge on any atom is 0.157 e. The van der Waals surface area contributed by atoms with Crippen LogP contribution in [0.5, 0.6) is 5.75 Å². The van der Waals surface area contributed by atoms with Crippen molar-refractivity contribution in [3.8, 4) is 5.75 Å². The lowest BCUT2D eigenvalue weighted by molar-refractivity contribution is 0.122. The molecule has 172 valence electrons. The third-order valence-corrected chi connectivity index (χ3v) is 6.42. The Hall–Kier alpha value is -3.05. The number of nitrogens with zero attached hydrogens (tertiary/aromatic N) is 2. The van der Waals surface area contributed by atoms with Crippen molar-refractivity contribution in [2.75, 3.05) is 31.2 Å². The van der Waals surface area contributed by atoms with Crippen molar-refractivity contribution < 1.29 is 9.47 Å². The van der Waals surface area contributed by atoms with Gasteiger partial charge in [0.15, 0.2) is 5.75 Å². The van der Waals surface area contributed by atoms with E-state index in [2.05, 4.69) is 46.3 Å². The summed E-state index contributed by atoms with van der Waals surface area (Å²) in [5, 5.41) is 3.24. The molecular weight excluding hydrogens is 467 g/mol. The number of aliphatic imine (C=N–C) groups is 1. The van der Waals surface area contributed by atoms with Gasteiger partial charge in [-0.1, -0.05) is 65.7 Å². The minimum absolute atomic E-state index is 0.379. The lowest BCUT2D eigenvalue weighted by atomic mass is 10.1. The van der Waals surface area contributed by atoms with E-state index >= 15 is 0 Å². The molecule has 4 aromatic rings. The van der Waals surface area contributed by atoms with E-state index in [0.717, 1.165) is 48.5 Å². The summed E-state index contributed by atoms with van der Waals surface area (Å²) >= 11 is 13.0. The second kappa shape index (κ2) is 10.5. The van der Waals surface area contributed by atoms with Crippen LogP contribution in [0.4, 0.5) is 11.4 Å². The molecule has 0 aromatic heterocycles. The van der Waals surface area contributed by atoms with Gasteiger partial charge >= 0.3 is 0 Å². The number of anilines is 1. The fourth-order valence-corrected chi connectivity index (χ4v) is 4.69. The summed E-state index contributed by atoms with van der Waals surface area (Å²) < 4.78 is 11.4. The number of hydrogen-bond acceptors (Lipinski definition) is 4. The van der Waals surface area contributed by atoms with Crippen LogP contribution < -0.4 is 9.64 Å². The molecule has 34 heavy (non-hydrogen) atoms. The van der Waals surface area contributed by atoms with Gasteiger partial charge in [-0.15, -0.1) is 0 Å². The Kier molecular flexibility index (Phi) is 7.00. The summed E-state index contributed by atoms with van der Waals surface area (Å²) in [5.74, 6) is 0.475. The summed E-state index contributed by atoms with van der Waals surface area (Å²) in [4.78, 5) is 6.89. The summed E-state index contributed by atoms with van der Waals surface area (Å²) in [6.45, 7) is 3.74. The Bertz CT molecular complexity index is 1290. The Balaban J connectivity index is 1.27. The van der Waals surface area contributed by atoms with Crippen molar-refractivity contribution in [3.05, 3.63) is 100 Å². The van der Waals surface area contributed by atoms with E-state index in [1.807, 2.05) is 42.5 Å². The van der Waals surface area contributed by atoms with E-state index in [0.29, 0.717) is 22.4 Å². The van der Waals surface area contributed by atoms with Crippen LogP contribution in [0, 0.1) is 0 Å². The summed E-state index contributed by atoms with van der Waals surface area (Å²) in [6, 6.07) is 26.2. The number of morpholine rings is 1. The molecule has 0 amide bonds. The highest BCUT2D eigenvalue weighted by atomic mass is 35.5. The first-order valence-electron chi connectivity index (χ1n) is 11.2. The van der Waals surface area contributed by atoms with Crippen molar-refractivity contribution in [1.29, 1.82) is 0 Å². The average molecular weight is 491 g/mol. The molecule has 0 radical (unpaired) electrons. The Morgan fingerprint density at radius 1 is 0.882 bits per heavy atom. The quantitative estimate of drug-likeness (QED) is 0.265. The zero-order valence-corrected chi connectivity index (χ0v) is 20.1. The van der Waals surface area contributed by atoms with Crippen molar-refractivity contribution in [2.45, 2.75) is 6.61 Å². The average Bonchev–Trinajstić information content (AvgIpc) is 2.88. The molecule has 1 aliphatic heterocycles. The van der Waals surface area contributed by atoms with E-state index < -0.39 is 0 Å². The smallest absolute Gasteiger partial charge is 0.157 e. The highest BCUT2D eigenvalue weighted by Gasteiger charge is 2.12.